The molecule has 0 heterocycles. The average Bonchev–Trinajstić information content (AvgIpc) is 2.95. The minimum absolute atomic E-state index is 0.0357. The Labute approximate surface area is 95.1 Å². The van der Waals surface area contributed by atoms with Crippen LogP contribution >= 0.6 is 0 Å². The zero-order chi connectivity index (χ0) is 11.5. The van der Waals surface area contributed by atoms with Gasteiger partial charge in [0.1, 0.15) is 0 Å². The zero-order valence-electron chi connectivity index (χ0n) is 9.37. The maximum atomic E-state index is 11.7. The number of nitrogens with one attached hydrogen (secondary N) is 2. The first-order chi connectivity index (χ1) is 7.66. The molecule has 0 aliphatic heterocycles. The van der Waals surface area contributed by atoms with E-state index in [2.05, 4.69) is 10.6 Å². The molecule has 0 spiro atoms. The normalized spacial score (nSPS) is 28.8. The van der Waals surface area contributed by atoms with Gasteiger partial charge >= 0.3 is 0 Å². The summed E-state index contributed by atoms with van der Waals surface area (Å²) in [5, 5.41) is 5.48. The van der Waals surface area contributed by atoms with Crippen LogP contribution in [0, 0.1) is 5.92 Å². The molecule has 5 heteroatoms. The van der Waals surface area contributed by atoms with Crippen molar-refractivity contribution >= 4 is 11.8 Å². The largest absolute Gasteiger partial charge is 0.352 e. The third kappa shape index (κ3) is 2.95. The van der Waals surface area contributed by atoms with Crippen molar-refractivity contribution in [2.45, 2.75) is 44.2 Å². The van der Waals surface area contributed by atoms with Crippen LogP contribution in [0.1, 0.15) is 32.1 Å². The average molecular weight is 225 g/mol. The highest BCUT2D eigenvalue weighted by atomic mass is 16.2. The van der Waals surface area contributed by atoms with E-state index in [1.807, 2.05) is 0 Å². The van der Waals surface area contributed by atoms with Crippen molar-refractivity contribution < 1.29 is 9.59 Å². The Morgan fingerprint density at radius 3 is 2.50 bits per heavy atom. The van der Waals surface area contributed by atoms with Crippen LogP contribution in [-0.4, -0.2) is 30.4 Å². The van der Waals surface area contributed by atoms with Gasteiger partial charge in [0.2, 0.25) is 11.8 Å². The van der Waals surface area contributed by atoms with Gasteiger partial charge in [-0.1, -0.05) is 6.42 Å². The molecule has 0 saturated heterocycles. The fourth-order valence-electron chi connectivity index (χ4n) is 2.12. The monoisotopic (exact) mass is 225 g/mol. The number of nitrogens with two attached hydrogens (primary N) is 1. The van der Waals surface area contributed by atoms with E-state index in [-0.39, 0.29) is 30.3 Å². The molecule has 5 nitrogen and oxygen atoms in total. The lowest BCUT2D eigenvalue weighted by Crippen LogP contribution is -2.43. The van der Waals surface area contributed by atoms with Crippen molar-refractivity contribution in [3.05, 3.63) is 0 Å². The number of amides is 2. The van der Waals surface area contributed by atoms with Crippen molar-refractivity contribution in [1.82, 2.24) is 10.6 Å². The summed E-state index contributed by atoms with van der Waals surface area (Å²) < 4.78 is 0. The first-order valence-corrected chi connectivity index (χ1v) is 5.99. The third-order valence-electron chi connectivity index (χ3n) is 3.27. The lowest BCUT2D eigenvalue weighted by atomic mass is 10.0. The van der Waals surface area contributed by atoms with Crippen molar-refractivity contribution in [2.75, 3.05) is 6.54 Å². The van der Waals surface area contributed by atoms with Crippen molar-refractivity contribution in [3.63, 3.8) is 0 Å². The number of hydrogen-bond acceptors (Lipinski definition) is 3. The smallest absolute Gasteiger partial charge is 0.239 e. The van der Waals surface area contributed by atoms with E-state index in [1.165, 1.54) is 0 Å². The Bertz CT molecular complexity index is 289. The van der Waals surface area contributed by atoms with Gasteiger partial charge in [-0.2, -0.15) is 0 Å². The molecular weight excluding hydrogens is 206 g/mol. The van der Waals surface area contributed by atoms with Crippen LogP contribution in [0.3, 0.4) is 0 Å². The summed E-state index contributed by atoms with van der Waals surface area (Å²) in [7, 11) is 0. The highest BCUT2D eigenvalue weighted by molar-refractivity contribution is 5.86. The second-order valence-corrected chi connectivity index (χ2v) is 4.76. The second kappa shape index (κ2) is 4.82. The van der Waals surface area contributed by atoms with E-state index >= 15 is 0 Å². The van der Waals surface area contributed by atoms with E-state index in [9.17, 15) is 9.59 Å². The SMILES string of the molecule is NC1CCCC1C(=O)NCC(=O)NC1CC1. The Morgan fingerprint density at radius 1 is 1.19 bits per heavy atom. The molecule has 0 aromatic carbocycles. The van der Waals surface area contributed by atoms with Gasteiger partial charge in [-0.05, 0) is 25.7 Å². The first kappa shape index (κ1) is 11.4. The van der Waals surface area contributed by atoms with Crippen molar-refractivity contribution in [3.8, 4) is 0 Å². The van der Waals surface area contributed by atoms with Crippen molar-refractivity contribution in [1.29, 1.82) is 0 Å². The number of carbonyl (C=O) groups is 2. The molecule has 2 atom stereocenters. The molecule has 0 aromatic heterocycles. The Balaban J connectivity index is 1.68. The van der Waals surface area contributed by atoms with Gasteiger partial charge in [-0.3, -0.25) is 9.59 Å². The Kier molecular flexibility index (Phi) is 3.43. The van der Waals surface area contributed by atoms with E-state index in [4.69, 9.17) is 5.73 Å². The molecule has 2 saturated carbocycles. The van der Waals surface area contributed by atoms with Crippen LogP contribution in [0.4, 0.5) is 0 Å². The maximum Gasteiger partial charge on any atom is 0.239 e. The molecule has 90 valence electrons. The van der Waals surface area contributed by atoms with Gasteiger partial charge < -0.3 is 16.4 Å². The molecule has 0 bridgehead atoms. The van der Waals surface area contributed by atoms with Crippen LogP contribution in [0.5, 0.6) is 0 Å². The molecule has 2 fully saturated rings. The predicted molar refractivity (Wildman–Crippen MR) is 59.5 cm³/mol. The van der Waals surface area contributed by atoms with E-state index in [0.717, 1.165) is 32.1 Å². The summed E-state index contributed by atoms with van der Waals surface area (Å²) in [6.45, 7) is 0.0819. The molecule has 16 heavy (non-hydrogen) atoms. The van der Waals surface area contributed by atoms with Gasteiger partial charge in [-0.25, -0.2) is 0 Å². The van der Waals surface area contributed by atoms with Gasteiger partial charge in [0.25, 0.3) is 0 Å². The molecule has 2 amide bonds. The Hall–Kier alpha value is -1.10. The summed E-state index contributed by atoms with van der Waals surface area (Å²) in [6.07, 6.45) is 4.89. The van der Waals surface area contributed by atoms with Crippen LogP contribution in [0.15, 0.2) is 0 Å². The fraction of sp³-hybridized carbons (Fsp3) is 0.818. The topological polar surface area (TPSA) is 84.2 Å². The molecule has 4 N–H and O–H groups in total. The first-order valence-electron chi connectivity index (χ1n) is 5.99. The van der Waals surface area contributed by atoms with Gasteiger partial charge in [0, 0.05) is 12.1 Å². The Morgan fingerprint density at radius 2 is 1.94 bits per heavy atom. The fourth-order valence-corrected chi connectivity index (χ4v) is 2.12. The van der Waals surface area contributed by atoms with Crippen LogP contribution in [-0.2, 0) is 9.59 Å². The standard InChI is InChI=1S/C11H19N3O2/c12-9-3-1-2-8(9)11(16)13-6-10(15)14-7-4-5-7/h7-9H,1-6,12H2,(H,13,16)(H,14,15). The lowest BCUT2D eigenvalue weighted by molar-refractivity contribution is -0.128. The predicted octanol–water partition coefficient (Wildman–Crippen LogP) is -0.491. The minimum Gasteiger partial charge on any atom is -0.352 e. The highest BCUT2D eigenvalue weighted by Gasteiger charge is 2.30. The van der Waals surface area contributed by atoms with Crippen LogP contribution in [0.2, 0.25) is 0 Å². The highest BCUT2D eigenvalue weighted by Crippen LogP contribution is 2.23. The minimum atomic E-state index is -0.103. The summed E-state index contributed by atoms with van der Waals surface area (Å²) in [6, 6.07) is 0.310. The molecular formula is C11H19N3O2. The summed E-state index contributed by atoms with van der Waals surface area (Å²) in [5.74, 6) is -0.271. The zero-order valence-corrected chi connectivity index (χ0v) is 9.37. The molecule has 2 aliphatic rings. The van der Waals surface area contributed by atoms with E-state index in [1.54, 1.807) is 0 Å². The summed E-state index contributed by atoms with van der Waals surface area (Å²) in [4.78, 5) is 23.0. The van der Waals surface area contributed by atoms with Crippen LogP contribution < -0.4 is 16.4 Å². The summed E-state index contributed by atoms with van der Waals surface area (Å²) in [5.41, 5.74) is 5.82. The second-order valence-electron chi connectivity index (χ2n) is 4.76. The van der Waals surface area contributed by atoms with Crippen molar-refractivity contribution in [2.24, 2.45) is 11.7 Å². The molecule has 2 aliphatic carbocycles. The lowest BCUT2D eigenvalue weighted by Gasteiger charge is -2.14. The third-order valence-corrected chi connectivity index (χ3v) is 3.27. The number of carbonyl (C=O) groups excluding carboxylic acids is 2. The molecule has 0 radical (unpaired) electrons. The number of hydrogen-bond donors (Lipinski definition) is 3. The number of rotatable bonds is 4. The van der Waals surface area contributed by atoms with Gasteiger partial charge in [0.05, 0.1) is 12.5 Å². The summed E-state index contributed by atoms with van der Waals surface area (Å²) >= 11 is 0. The maximum absolute atomic E-state index is 11.7. The molecule has 2 unspecified atom stereocenters. The molecule has 0 aromatic rings. The quantitative estimate of drug-likeness (QED) is 0.603. The van der Waals surface area contributed by atoms with E-state index < -0.39 is 0 Å². The van der Waals surface area contributed by atoms with Gasteiger partial charge in [0.15, 0.2) is 0 Å². The van der Waals surface area contributed by atoms with E-state index in [0.29, 0.717) is 6.04 Å². The van der Waals surface area contributed by atoms with Gasteiger partial charge in [-0.15, -0.1) is 0 Å². The molecule has 2 rings (SSSR count). The van der Waals surface area contributed by atoms with Crippen LogP contribution in [0.25, 0.3) is 0 Å².